The highest BCUT2D eigenvalue weighted by molar-refractivity contribution is 6.34. The normalized spacial score (nSPS) is 19.7. The molecule has 1 aromatic rings. The quantitative estimate of drug-likeness (QED) is 0.793. The molecular formula is C16H22Cl2N2O2. The second kappa shape index (κ2) is 6.65. The van der Waals surface area contributed by atoms with E-state index in [0.717, 1.165) is 12.0 Å². The van der Waals surface area contributed by atoms with Crippen molar-refractivity contribution in [2.75, 3.05) is 13.2 Å². The van der Waals surface area contributed by atoms with Gasteiger partial charge in [0.15, 0.2) is 0 Å². The second-order valence-electron chi connectivity index (χ2n) is 6.03. The largest absolute Gasteiger partial charge is 0.344 e. The van der Waals surface area contributed by atoms with Gasteiger partial charge in [0, 0.05) is 16.6 Å². The molecule has 1 aliphatic heterocycles. The number of amides is 2. The highest BCUT2D eigenvalue weighted by atomic mass is 35.5. The molecule has 1 fully saturated rings. The van der Waals surface area contributed by atoms with E-state index in [2.05, 4.69) is 0 Å². The molecule has 1 aromatic carbocycles. The first-order valence-electron chi connectivity index (χ1n) is 7.47. The monoisotopic (exact) mass is 344 g/mol. The van der Waals surface area contributed by atoms with Crippen molar-refractivity contribution in [3.8, 4) is 0 Å². The van der Waals surface area contributed by atoms with Crippen LogP contribution < -0.4 is 0 Å². The molecule has 0 aliphatic carbocycles. The molecule has 1 unspecified atom stereocenters. The summed E-state index contributed by atoms with van der Waals surface area (Å²) in [4.78, 5) is 20.1. The summed E-state index contributed by atoms with van der Waals surface area (Å²) in [5.41, 5.74) is 0.380. The molecule has 1 heterocycles. The first kappa shape index (κ1) is 17.4. The van der Waals surface area contributed by atoms with Crippen LogP contribution in [0.1, 0.15) is 39.7 Å². The molecular weight excluding hydrogens is 323 g/mol. The molecule has 1 atom stereocenters. The highest BCUT2D eigenvalue weighted by Gasteiger charge is 2.40. The van der Waals surface area contributed by atoms with Gasteiger partial charge in [-0.3, -0.25) is 4.84 Å². The first-order chi connectivity index (χ1) is 10.3. The van der Waals surface area contributed by atoms with Crippen LogP contribution in [0, 0.1) is 0 Å². The number of urea groups is 1. The van der Waals surface area contributed by atoms with E-state index < -0.39 is 5.54 Å². The fourth-order valence-electron chi connectivity index (χ4n) is 2.74. The fourth-order valence-corrected chi connectivity index (χ4v) is 3.27. The summed E-state index contributed by atoms with van der Waals surface area (Å²) in [5.74, 6) is 0. The highest BCUT2D eigenvalue weighted by Crippen LogP contribution is 2.35. The summed E-state index contributed by atoms with van der Waals surface area (Å²) in [5, 5.41) is 2.60. The number of carbonyl (C=O) groups excluding carboxylic acids is 1. The molecule has 1 aliphatic rings. The summed E-state index contributed by atoms with van der Waals surface area (Å²) < 4.78 is 0. The van der Waals surface area contributed by atoms with Crippen LogP contribution in [0.2, 0.25) is 10.0 Å². The average molecular weight is 345 g/mol. The topological polar surface area (TPSA) is 32.8 Å². The van der Waals surface area contributed by atoms with Gasteiger partial charge >= 0.3 is 6.03 Å². The fraction of sp³-hybridized carbons (Fsp3) is 0.562. The Morgan fingerprint density at radius 3 is 2.41 bits per heavy atom. The standard InChI is InChI=1S/C16H22Cl2N2O2/c1-5-22-20-11(2)6-7-19(15(20)21)16(3,4)12-8-13(17)10-14(18)9-12/h8-11H,5-7H2,1-4H3. The summed E-state index contributed by atoms with van der Waals surface area (Å²) in [6.07, 6.45) is 0.851. The van der Waals surface area contributed by atoms with Crippen LogP contribution >= 0.6 is 23.2 Å². The minimum Gasteiger partial charge on any atom is -0.314 e. The second-order valence-corrected chi connectivity index (χ2v) is 6.91. The number of hydrogen-bond donors (Lipinski definition) is 0. The van der Waals surface area contributed by atoms with Crippen LogP contribution in [0.25, 0.3) is 0 Å². The van der Waals surface area contributed by atoms with Gasteiger partial charge in [0.25, 0.3) is 0 Å². The maximum atomic E-state index is 12.8. The van der Waals surface area contributed by atoms with E-state index in [1.807, 2.05) is 44.7 Å². The molecule has 2 rings (SSSR count). The maximum absolute atomic E-state index is 12.8. The number of rotatable bonds is 4. The van der Waals surface area contributed by atoms with E-state index in [9.17, 15) is 4.79 Å². The number of carbonyl (C=O) groups is 1. The van der Waals surface area contributed by atoms with Gasteiger partial charge in [-0.25, -0.2) is 9.86 Å². The predicted octanol–water partition coefficient (Wildman–Crippen LogP) is 4.70. The number of halogens is 2. The first-order valence-corrected chi connectivity index (χ1v) is 8.23. The molecule has 0 spiro atoms. The Kier molecular flexibility index (Phi) is 5.25. The van der Waals surface area contributed by atoms with Gasteiger partial charge in [-0.15, -0.1) is 0 Å². The van der Waals surface area contributed by atoms with Crippen LogP contribution in [0.4, 0.5) is 4.79 Å². The lowest BCUT2D eigenvalue weighted by atomic mass is 9.91. The summed E-state index contributed by atoms with van der Waals surface area (Å²) in [7, 11) is 0. The number of hydrogen-bond acceptors (Lipinski definition) is 2. The van der Waals surface area contributed by atoms with Crippen molar-refractivity contribution in [3.63, 3.8) is 0 Å². The third kappa shape index (κ3) is 3.34. The van der Waals surface area contributed by atoms with E-state index in [-0.39, 0.29) is 12.1 Å². The Bertz CT molecular complexity index is 543. The van der Waals surface area contributed by atoms with E-state index >= 15 is 0 Å². The molecule has 0 N–H and O–H groups in total. The zero-order chi connectivity index (χ0) is 16.5. The molecule has 1 saturated heterocycles. The predicted molar refractivity (Wildman–Crippen MR) is 89.1 cm³/mol. The van der Waals surface area contributed by atoms with Gasteiger partial charge in [-0.1, -0.05) is 23.2 Å². The van der Waals surface area contributed by atoms with Gasteiger partial charge in [-0.05, 0) is 57.9 Å². The van der Waals surface area contributed by atoms with Crippen LogP contribution in [0.3, 0.4) is 0 Å². The lowest BCUT2D eigenvalue weighted by Gasteiger charge is -2.46. The van der Waals surface area contributed by atoms with E-state index in [4.69, 9.17) is 28.0 Å². The maximum Gasteiger partial charge on any atom is 0.344 e. The minimum absolute atomic E-state index is 0.0717. The van der Waals surface area contributed by atoms with Crippen molar-refractivity contribution in [1.82, 2.24) is 9.96 Å². The third-order valence-electron chi connectivity index (χ3n) is 4.10. The molecule has 0 radical (unpaired) electrons. The molecule has 22 heavy (non-hydrogen) atoms. The molecule has 0 bridgehead atoms. The Morgan fingerprint density at radius 1 is 1.27 bits per heavy atom. The summed E-state index contributed by atoms with van der Waals surface area (Å²) >= 11 is 12.2. The SMILES string of the molecule is CCON1C(=O)N(C(C)(C)c2cc(Cl)cc(Cl)c2)CCC1C. The lowest BCUT2D eigenvalue weighted by molar-refractivity contribution is -0.163. The van der Waals surface area contributed by atoms with Crippen molar-refractivity contribution >= 4 is 29.2 Å². The minimum atomic E-state index is -0.527. The van der Waals surface area contributed by atoms with Crippen LogP contribution in [0.5, 0.6) is 0 Å². The van der Waals surface area contributed by atoms with Crippen molar-refractivity contribution in [1.29, 1.82) is 0 Å². The Labute approximate surface area is 141 Å². The van der Waals surface area contributed by atoms with E-state index in [1.165, 1.54) is 5.06 Å². The number of benzene rings is 1. The Hall–Kier alpha value is -0.970. The summed E-state index contributed by atoms with van der Waals surface area (Å²) in [6, 6.07) is 5.34. The van der Waals surface area contributed by atoms with Crippen LogP contribution in [-0.4, -0.2) is 35.2 Å². The molecule has 0 saturated carbocycles. The van der Waals surface area contributed by atoms with Crippen molar-refractivity contribution in [2.24, 2.45) is 0 Å². The Balaban J connectivity index is 2.33. The van der Waals surface area contributed by atoms with Gasteiger partial charge < -0.3 is 4.90 Å². The molecule has 4 nitrogen and oxygen atoms in total. The van der Waals surface area contributed by atoms with E-state index in [0.29, 0.717) is 23.2 Å². The van der Waals surface area contributed by atoms with Crippen molar-refractivity contribution in [3.05, 3.63) is 33.8 Å². The van der Waals surface area contributed by atoms with Gasteiger partial charge in [0.1, 0.15) is 0 Å². The number of hydroxylamine groups is 2. The zero-order valence-electron chi connectivity index (χ0n) is 13.4. The van der Waals surface area contributed by atoms with Gasteiger partial charge in [0.05, 0.1) is 18.2 Å². The zero-order valence-corrected chi connectivity index (χ0v) is 14.9. The third-order valence-corrected chi connectivity index (χ3v) is 4.54. The van der Waals surface area contributed by atoms with Crippen molar-refractivity contribution < 1.29 is 9.63 Å². The Morgan fingerprint density at radius 2 is 1.86 bits per heavy atom. The smallest absolute Gasteiger partial charge is 0.314 e. The molecule has 6 heteroatoms. The van der Waals surface area contributed by atoms with Crippen LogP contribution in [-0.2, 0) is 10.4 Å². The average Bonchev–Trinajstić information content (AvgIpc) is 2.42. The molecule has 122 valence electrons. The lowest BCUT2D eigenvalue weighted by Crippen LogP contribution is -2.58. The van der Waals surface area contributed by atoms with Gasteiger partial charge in [0.2, 0.25) is 0 Å². The molecule has 2 amide bonds. The number of nitrogens with zero attached hydrogens (tertiary/aromatic N) is 2. The van der Waals surface area contributed by atoms with Crippen LogP contribution in [0.15, 0.2) is 18.2 Å². The molecule has 0 aromatic heterocycles. The van der Waals surface area contributed by atoms with E-state index in [1.54, 1.807) is 6.07 Å². The van der Waals surface area contributed by atoms with Crippen molar-refractivity contribution in [2.45, 2.75) is 45.7 Å². The van der Waals surface area contributed by atoms with Gasteiger partial charge in [-0.2, -0.15) is 0 Å². The summed E-state index contributed by atoms with van der Waals surface area (Å²) in [6.45, 7) is 8.99.